The van der Waals surface area contributed by atoms with Crippen molar-refractivity contribution < 1.29 is 23.0 Å². The van der Waals surface area contributed by atoms with Crippen LogP contribution in [0.3, 0.4) is 0 Å². The van der Waals surface area contributed by atoms with Gasteiger partial charge in [-0.05, 0) is 31.2 Å². The second-order valence-corrected chi connectivity index (χ2v) is 7.11. The number of aliphatic hydroxyl groups is 1. The minimum atomic E-state index is -2.64. The number of hydrogen-bond donors (Lipinski definition) is 2. The predicted molar refractivity (Wildman–Crippen MR) is 111 cm³/mol. The number of halogens is 3. The maximum atomic E-state index is 13.8. The molecule has 0 amide bonds. The fourth-order valence-electron chi connectivity index (χ4n) is 3.32. The van der Waals surface area contributed by atoms with Crippen molar-refractivity contribution >= 4 is 11.5 Å². The number of nitrogens with one attached hydrogen (secondary N) is 1. The highest BCUT2D eigenvalue weighted by atomic mass is 19.3. The molecule has 11 heteroatoms. The zero-order valence-electron chi connectivity index (χ0n) is 17.1. The molecule has 32 heavy (non-hydrogen) atoms. The Morgan fingerprint density at radius 3 is 2.81 bits per heavy atom. The lowest BCUT2D eigenvalue weighted by Gasteiger charge is -2.19. The Hall–Kier alpha value is -3.60. The van der Waals surface area contributed by atoms with E-state index in [9.17, 15) is 13.2 Å². The topological polar surface area (TPSA) is 89.5 Å². The van der Waals surface area contributed by atoms with Gasteiger partial charge >= 0.3 is 0 Å². The van der Waals surface area contributed by atoms with Crippen LogP contribution in [-0.4, -0.2) is 49.1 Å². The molecule has 168 valence electrons. The molecule has 4 aromatic rings. The lowest BCUT2D eigenvalue weighted by molar-refractivity contribution is 0.0813. The molecule has 8 nitrogen and oxygen atoms in total. The first kappa shape index (κ1) is 21.6. The van der Waals surface area contributed by atoms with Gasteiger partial charge in [-0.25, -0.2) is 22.7 Å². The van der Waals surface area contributed by atoms with Crippen molar-refractivity contribution in [2.75, 3.05) is 18.5 Å². The first-order chi connectivity index (χ1) is 15.4. The van der Waals surface area contributed by atoms with Crippen molar-refractivity contribution in [3.63, 3.8) is 0 Å². The number of hydrogen-bond acceptors (Lipinski definition) is 6. The molecule has 1 aromatic carbocycles. The fraction of sp³-hybridized carbons (Fsp3) is 0.286. The van der Waals surface area contributed by atoms with E-state index in [0.29, 0.717) is 23.6 Å². The van der Waals surface area contributed by atoms with Crippen molar-refractivity contribution in [2.45, 2.75) is 25.9 Å². The number of aliphatic hydroxyl groups excluding tert-OH is 1. The Balaban J connectivity index is 1.60. The van der Waals surface area contributed by atoms with Gasteiger partial charge in [0.1, 0.15) is 24.0 Å². The van der Waals surface area contributed by atoms with Gasteiger partial charge in [-0.2, -0.15) is 10.2 Å². The highest BCUT2D eigenvalue weighted by Gasteiger charge is 2.17. The molecule has 0 unspecified atom stereocenters. The van der Waals surface area contributed by atoms with E-state index in [2.05, 4.69) is 20.5 Å². The van der Waals surface area contributed by atoms with Crippen molar-refractivity contribution in [3.05, 3.63) is 60.4 Å². The molecule has 4 rings (SSSR count). The zero-order valence-corrected chi connectivity index (χ0v) is 17.1. The molecule has 0 fully saturated rings. The van der Waals surface area contributed by atoms with Crippen LogP contribution in [0.4, 0.5) is 19.0 Å². The zero-order chi connectivity index (χ0) is 22.7. The quantitative estimate of drug-likeness (QED) is 0.409. The number of aromatic nitrogens is 5. The maximum absolute atomic E-state index is 13.8. The van der Waals surface area contributed by atoms with Crippen LogP contribution in [0.2, 0.25) is 0 Å². The van der Waals surface area contributed by atoms with Crippen LogP contribution in [-0.2, 0) is 6.54 Å². The minimum absolute atomic E-state index is 0.0246. The van der Waals surface area contributed by atoms with Crippen molar-refractivity contribution in [1.82, 2.24) is 24.4 Å². The summed E-state index contributed by atoms with van der Waals surface area (Å²) in [6.45, 7) is 1.33. The number of fused-ring (bicyclic) bond motifs is 1. The van der Waals surface area contributed by atoms with Crippen molar-refractivity contribution in [1.29, 1.82) is 0 Å². The predicted octanol–water partition coefficient (Wildman–Crippen LogP) is 3.54. The third-order valence-corrected chi connectivity index (χ3v) is 4.81. The monoisotopic (exact) mass is 446 g/mol. The number of benzene rings is 1. The van der Waals surface area contributed by atoms with E-state index >= 15 is 0 Å². The van der Waals surface area contributed by atoms with E-state index in [-0.39, 0.29) is 12.4 Å². The molecule has 0 radical (unpaired) electrons. The number of alkyl halides is 2. The Labute approximate surface area is 181 Å². The van der Waals surface area contributed by atoms with Crippen LogP contribution in [0.1, 0.15) is 18.5 Å². The van der Waals surface area contributed by atoms with Gasteiger partial charge in [-0.3, -0.25) is 4.68 Å². The number of nitrogens with zero attached hydrogens (tertiary/aromatic N) is 5. The molecule has 0 saturated carbocycles. The largest absolute Gasteiger partial charge is 0.487 e. The first-order valence-electron chi connectivity index (χ1n) is 9.89. The van der Waals surface area contributed by atoms with Crippen molar-refractivity contribution in [2.24, 2.45) is 0 Å². The molecule has 1 atom stereocenters. The Morgan fingerprint density at radius 2 is 2.03 bits per heavy atom. The van der Waals surface area contributed by atoms with E-state index < -0.39 is 24.9 Å². The Kier molecular flexibility index (Phi) is 6.26. The standard InChI is InChI=1S/C21H21F3N6O2/c1-13(16-8-15(22)2-3-18(16)32-12-19(23)24)27-20-4-5-30-21(28-20)17(10-26-30)14-9-25-29(11-14)6-7-31/h2-5,8-11,13,19,31H,6-7,12H2,1H3,(H,27,28)/t13-/m1/s1. The molecular weight excluding hydrogens is 425 g/mol. The molecule has 0 spiro atoms. The summed E-state index contributed by atoms with van der Waals surface area (Å²) in [5.74, 6) is 0.159. The van der Waals surface area contributed by atoms with Crippen molar-refractivity contribution in [3.8, 4) is 16.9 Å². The van der Waals surface area contributed by atoms with Gasteiger partial charge in [-0.15, -0.1) is 0 Å². The van der Waals surface area contributed by atoms with Crippen LogP contribution in [0, 0.1) is 5.82 Å². The number of anilines is 1. The Morgan fingerprint density at radius 1 is 1.19 bits per heavy atom. The summed E-state index contributed by atoms with van der Waals surface area (Å²) in [6.07, 6.45) is 4.20. The summed E-state index contributed by atoms with van der Waals surface area (Å²) in [5, 5.41) is 20.7. The SMILES string of the molecule is C[C@@H](Nc1ccn2ncc(-c3cnn(CCO)c3)c2n1)c1cc(F)ccc1OCC(F)F. The molecule has 0 aliphatic heterocycles. The van der Waals surface area contributed by atoms with Crippen LogP contribution in [0.15, 0.2) is 49.1 Å². The third-order valence-electron chi connectivity index (χ3n) is 4.81. The summed E-state index contributed by atoms with van der Waals surface area (Å²) in [4.78, 5) is 4.61. The fourth-order valence-corrected chi connectivity index (χ4v) is 3.32. The van der Waals surface area contributed by atoms with E-state index in [1.165, 1.54) is 12.1 Å². The number of rotatable bonds is 9. The third kappa shape index (κ3) is 4.67. The molecule has 3 aromatic heterocycles. The minimum Gasteiger partial charge on any atom is -0.487 e. The molecule has 0 bridgehead atoms. The van der Waals surface area contributed by atoms with Gasteiger partial charge in [0.25, 0.3) is 6.43 Å². The van der Waals surface area contributed by atoms with Crippen LogP contribution < -0.4 is 10.1 Å². The van der Waals surface area contributed by atoms with E-state index in [1.54, 1.807) is 47.0 Å². The summed E-state index contributed by atoms with van der Waals surface area (Å²) >= 11 is 0. The first-order valence-corrected chi connectivity index (χ1v) is 9.89. The molecule has 0 saturated heterocycles. The lowest BCUT2D eigenvalue weighted by atomic mass is 10.1. The van der Waals surface area contributed by atoms with Gasteiger partial charge in [-0.1, -0.05) is 0 Å². The van der Waals surface area contributed by atoms with Crippen LogP contribution in [0.5, 0.6) is 5.75 Å². The van der Waals surface area contributed by atoms with Gasteiger partial charge < -0.3 is 15.2 Å². The van der Waals surface area contributed by atoms with Gasteiger partial charge in [0.15, 0.2) is 5.65 Å². The van der Waals surface area contributed by atoms with E-state index in [1.807, 2.05) is 0 Å². The average molecular weight is 446 g/mol. The smallest absolute Gasteiger partial charge is 0.272 e. The van der Waals surface area contributed by atoms with Gasteiger partial charge in [0.05, 0.1) is 31.6 Å². The molecule has 3 heterocycles. The second kappa shape index (κ2) is 9.27. The van der Waals surface area contributed by atoms with Crippen LogP contribution in [0.25, 0.3) is 16.8 Å². The highest BCUT2D eigenvalue weighted by Crippen LogP contribution is 2.30. The lowest BCUT2D eigenvalue weighted by Crippen LogP contribution is -2.13. The number of ether oxygens (including phenoxy) is 1. The highest BCUT2D eigenvalue weighted by molar-refractivity contribution is 5.76. The molecule has 2 N–H and O–H groups in total. The van der Waals surface area contributed by atoms with E-state index in [0.717, 1.165) is 17.2 Å². The summed E-state index contributed by atoms with van der Waals surface area (Å²) in [5.41, 5.74) is 2.50. The summed E-state index contributed by atoms with van der Waals surface area (Å²) in [7, 11) is 0. The summed E-state index contributed by atoms with van der Waals surface area (Å²) in [6, 6.07) is 4.97. The Bertz CT molecular complexity index is 1210. The normalized spacial score (nSPS) is 12.4. The maximum Gasteiger partial charge on any atom is 0.272 e. The molecule has 0 aliphatic rings. The average Bonchev–Trinajstić information content (AvgIpc) is 3.39. The molecular formula is C21H21F3N6O2. The van der Waals surface area contributed by atoms with Gasteiger partial charge in [0, 0.05) is 29.1 Å². The van der Waals surface area contributed by atoms with E-state index in [4.69, 9.17) is 9.84 Å². The van der Waals surface area contributed by atoms with Crippen LogP contribution >= 0.6 is 0 Å². The summed E-state index contributed by atoms with van der Waals surface area (Å²) < 4.78 is 47.3. The molecule has 0 aliphatic carbocycles. The second-order valence-electron chi connectivity index (χ2n) is 7.11. The van der Waals surface area contributed by atoms with Gasteiger partial charge in [0.2, 0.25) is 0 Å².